The Morgan fingerprint density at radius 2 is 2.32 bits per heavy atom. The summed E-state index contributed by atoms with van der Waals surface area (Å²) in [7, 11) is 1.98. The van der Waals surface area contributed by atoms with Crippen molar-refractivity contribution in [1.29, 1.82) is 0 Å². The Morgan fingerprint density at radius 3 is 2.95 bits per heavy atom. The number of carbonyl (C=O) groups is 1. The predicted molar refractivity (Wildman–Crippen MR) is 82.7 cm³/mol. The zero-order chi connectivity index (χ0) is 15.7. The van der Waals surface area contributed by atoms with Gasteiger partial charge in [0.05, 0.1) is 19.3 Å². The van der Waals surface area contributed by atoms with Crippen LogP contribution in [0.15, 0.2) is 24.4 Å². The Labute approximate surface area is 130 Å². The number of aromatic amines is 1. The smallest absolute Gasteiger partial charge is 0.275 e. The molecule has 1 saturated heterocycles. The van der Waals surface area contributed by atoms with Crippen molar-refractivity contribution < 1.29 is 9.53 Å². The molecule has 1 N–H and O–H groups in total. The van der Waals surface area contributed by atoms with Crippen LogP contribution >= 0.6 is 0 Å². The molecule has 0 bridgehead atoms. The molecule has 0 saturated carbocycles. The van der Waals surface area contributed by atoms with Crippen LogP contribution in [0.3, 0.4) is 0 Å². The Kier molecular flexibility index (Phi) is 4.02. The third-order valence-corrected chi connectivity index (χ3v) is 4.15. The number of amides is 1. The molecular weight excluding hydrogens is 280 g/mol. The van der Waals surface area contributed by atoms with Crippen LogP contribution in [0.2, 0.25) is 0 Å². The molecule has 6 heteroatoms. The number of H-pyrrole nitrogens is 1. The van der Waals surface area contributed by atoms with Crippen molar-refractivity contribution in [1.82, 2.24) is 19.7 Å². The van der Waals surface area contributed by atoms with Crippen LogP contribution in [0.1, 0.15) is 47.7 Å². The number of morpholine rings is 1. The number of hydrogen-bond acceptors (Lipinski definition) is 3. The van der Waals surface area contributed by atoms with Crippen LogP contribution in [0, 0.1) is 0 Å². The van der Waals surface area contributed by atoms with Gasteiger partial charge < -0.3 is 14.2 Å². The van der Waals surface area contributed by atoms with E-state index >= 15 is 0 Å². The van der Waals surface area contributed by atoms with Gasteiger partial charge in [-0.2, -0.15) is 5.10 Å². The van der Waals surface area contributed by atoms with E-state index in [4.69, 9.17) is 4.74 Å². The first-order valence-electron chi connectivity index (χ1n) is 7.63. The van der Waals surface area contributed by atoms with Crippen LogP contribution < -0.4 is 0 Å². The average Bonchev–Trinajstić information content (AvgIpc) is 3.15. The van der Waals surface area contributed by atoms with E-state index in [1.807, 2.05) is 40.9 Å². The van der Waals surface area contributed by atoms with Crippen LogP contribution in [-0.4, -0.2) is 45.3 Å². The van der Waals surface area contributed by atoms with Crippen molar-refractivity contribution in [3.63, 3.8) is 0 Å². The highest BCUT2D eigenvalue weighted by Crippen LogP contribution is 2.26. The Hall–Kier alpha value is -2.08. The third-order valence-electron chi connectivity index (χ3n) is 4.15. The molecule has 2 aromatic heterocycles. The highest BCUT2D eigenvalue weighted by atomic mass is 16.5. The van der Waals surface area contributed by atoms with Gasteiger partial charge in [0.25, 0.3) is 5.91 Å². The highest BCUT2D eigenvalue weighted by molar-refractivity contribution is 5.92. The van der Waals surface area contributed by atoms with Crippen LogP contribution in [-0.2, 0) is 11.8 Å². The van der Waals surface area contributed by atoms with Crippen LogP contribution in [0.25, 0.3) is 0 Å². The van der Waals surface area contributed by atoms with Gasteiger partial charge in [-0.1, -0.05) is 13.8 Å². The van der Waals surface area contributed by atoms with E-state index < -0.39 is 0 Å². The normalized spacial score (nSPS) is 18.9. The molecule has 118 valence electrons. The minimum Gasteiger partial charge on any atom is -0.377 e. The molecule has 1 aliphatic heterocycles. The van der Waals surface area contributed by atoms with Gasteiger partial charge in [0, 0.05) is 31.2 Å². The molecular formula is C16H22N4O2. The topological polar surface area (TPSA) is 63.1 Å². The molecule has 1 aliphatic rings. The standard InChI is InChI=1S/C16H22N4O2/c1-11(2)12-9-13(18-17-12)16(21)20-7-8-22-10-15(20)14-5-4-6-19(14)3/h4-6,9,11,15H,7-8,10H2,1-3H3,(H,17,18)/t15-/m0/s1. The van der Waals surface area contributed by atoms with E-state index in [1.54, 1.807) is 0 Å². The van der Waals surface area contributed by atoms with Gasteiger partial charge in [-0.05, 0) is 24.1 Å². The second-order valence-electron chi connectivity index (χ2n) is 6.00. The molecule has 0 spiro atoms. The molecule has 22 heavy (non-hydrogen) atoms. The van der Waals surface area contributed by atoms with Gasteiger partial charge in [0.15, 0.2) is 0 Å². The lowest BCUT2D eigenvalue weighted by molar-refractivity contribution is -0.00494. The monoisotopic (exact) mass is 302 g/mol. The summed E-state index contributed by atoms with van der Waals surface area (Å²) in [6.45, 7) is 5.81. The lowest BCUT2D eigenvalue weighted by Crippen LogP contribution is -2.44. The zero-order valence-electron chi connectivity index (χ0n) is 13.2. The van der Waals surface area contributed by atoms with E-state index in [0.29, 0.717) is 31.4 Å². The summed E-state index contributed by atoms with van der Waals surface area (Å²) >= 11 is 0. The lowest BCUT2D eigenvalue weighted by Gasteiger charge is -2.35. The van der Waals surface area contributed by atoms with Gasteiger partial charge in [0.1, 0.15) is 5.69 Å². The molecule has 0 aliphatic carbocycles. The number of rotatable bonds is 3. The average molecular weight is 302 g/mol. The van der Waals surface area contributed by atoms with Crippen molar-refractivity contribution in [2.45, 2.75) is 25.8 Å². The number of nitrogens with one attached hydrogen (secondary N) is 1. The molecule has 0 radical (unpaired) electrons. The lowest BCUT2D eigenvalue weighted by atomic mass is 10.1. The van der Waals surface area contributed by atoms with Crippen molar-refractivity contribution in [2.24, 2.45) is 7.05 Å². The SMILES string of the molecule is CC(C)c1cc(C(=O)N2CCOC[C@H]2c2cccn2C)n[nH]1. The van der Waals surface area contributed by atoms with Crippen LogP contribution in [0.5, 0.6) is 0 Å². The summed E-state index contributed by atoms with van der Waals surface area (Å²) in [5, 5.41) is 7.14. The Bertz CT molecular complexity index is 659. The summed E-state index contributed by atoms with van der Waals surface area (Å²) in [5.74, 6) is 0.278. The maximum atomic E-state index is 12.8. The quantitative estimate of drug-likeness (QED) is 0.944. The van der Waals surface area contributed by atoms with Crippen molar-refractivity contribution in [3.05, 3.63) is 41.5 Å². The predicted octanol–water partition coefficient (Wildman–Crippen LogP) is 2.09. The zero-order valence-corrected chi connectivity index (χ0v) is 13.2. The summed E-state index contributed by atoms with van der Waals surface area (Å²) in [6, 6.07) is 5.80. The molecule has 3 heterocycles. The third kappa shape index (κ3) is 2.66. The van der Waals surface area contributed by atoms with E-state index in [9.17, 15) is 4.79 Å². The number of carbonyl (C=O) groups excluding carboxylic acids is 1. The highest BCUT2D eigenvalue weighted by Gasteiger charge is 2.31. The van der Waals surface area contributed by atoms with Gasteiger partial charge >= 0.3 is 0 Å². The second-order valence-corrected chi connectivity index (χ2v) is 6.00. The summed E-state index contributed by atoms with van der Waals surface area (Å²) in [6.07, 6.45) is 1.98. The van der Waals surface area contributed by atoms with E-state index in [2.05, 4.69) is 24.0 Å². The van der Waals surface area contributed by atoms with Gasteiger partial charge in [-0.15, -0.1) is 0 Å². The van der Waals surface area contributed by atoms with Crippen molar-refractivity contribution in [3.8, 4) is 0 Å². The van der Waals surface area contributed by atoms with E-state index in [0.717, 1.165) is 11.4 Å². The first-order valence-corrected chi connectivity index (χ1v) is 7.63. The molecule has 6 nitrogen and oxygen atoms in total. The summed E-state index contributed by atoms with van der Waals surface area (Å²) in [5.41, 5.74) is 2.53. The van der Waals surface area contributed by atoms with Gasteiger partial charge in [-0.3, -0.25) is 9.89 Å². The largest absolute Gasteiger partial charge is 0.377 e. The Balaban J connectivity index is 1.86. The molecule has 1 fully saturated rings. The number of ether oxygens (including phenoxy) is 1. The first kappa shape index (κ1) is 14.8. The number of hydrogen-bond donors (Lipinski definition) is 1. The maximum Gasteiger partial charge on any atom is 0.275 e. The number of nitrogens with zero attached hydrogens (tertiary/aromatic N) is 3. The van der Waals surface area contributed by atoms with E-state index in [-0.39, 0.29) is 11.9 Å². The minimum absolute atomic E-state index is 0.0438. The molecule has 3 rings (SSSR count). The fourth-order valence-electron chi connectivity index (χ4n) is 2.80. The Morgan fingerprint density at radius 1 is 1.50 bits per heavy atom. The molecule has 0 unspecified atom stereocenters. The van der Waals surface area contributed by atoms with Crippen LogP contribution in [0.4, 0.5) is 0 Å². The summed E-state index contributed by atoms with van der Waals surface area (Å²) < 4.78 is 7.62. The summed E-state index contributed by atoms with van der Waals surface area (Å²) in [4.78, 5) is 14.7. The second kappa shape index (κ2) is 5.96. The molecule has 2 aromatic rings. The van der Waals surface area contributed by atoms with Crippen molar-refractivity contribution in [2.75, 3.05) is 19.8 Å². The van der Waals surface area contributed by atoms with E-state index in [1.165, 1.54) is 0 Å². The first-order chi connectivity index (χ1) is 10.6. The van der Waals surface area contributed by atoms with Gasteiger partial charge in [0.2, 0.25) is 0 Å². The number of aromatic nitrogens is 3. The fraction of sp³-hybridized carbons (Fsp3) is 0.500. The molecule has 0 aromatic carbocycles. The maximum absolute atomic E-state index is 12.8. The number of aryl methyl sites for hydroxylation is 1. The fourth-order valence-corrected chi connectivity index (χ4v) is 2.80. The van der Waals surface area contributed by atoms with Gasteiger partial charge in [-0.25, -0.2) is 0 Å². The minimum atomic E-state index is -0.0690. The molecule has 1 atom stereocenters. The van der Waals surface area contributed by atoms with Crippen molar-refractivity contribution >= 4 is 5.91 Å². The molecule has 1 amide bonds.